The van der Waals surface area contributed by atoms with Crippen molar-refractivity contribution in [3.05, 3.63) is 59.2 Å². The van der Waals surface area contributed by atoms with Crippen LogP contribution in [0.15, 0.2) is 36.4 Å². The molecule has 0 aromatic heterocycles. The molecular formula is C15H12F2N2O. The number of benzene rings is 2. The zero-order valence-corrected chi connectivity index (χ0v) is 10.8. The average Bonchev–Trinajstić information content (AvgIpc) is 2.46. The van der Waals surface area contributed by atoms with Gasteiger partial charge in [0.25, 0.3) is 0 Å². The first-order valence-corrected chi connectivity index (χ1v) is 5.89. The van der Waals surface area contributed by atoms with Crippen molar-refractivity contribution in [2.24, 2.45) is 0 Å². The van der Waals surface area contributed by atoms with Gasteiger partial charge in [0.2, 0.25) is 0 Å². The Morgan fingerprint density at radius 1 is 1.20 bits per heavy atom. The van der Waals surface area contributed by atoms with Crippen molar-refractivity contribution in [3.8, 4) is 6.07 Å². The first-order valence-electron chi connectivity index (χ1n) is 5.89. The summed E-state index contributed by atoms with van der Waals surface area (Å²) in [5.41, 5.74) is 0.848. The Hall–Kier alpha value is -2.45. The average molecular weight is 274 g/mol. The monoisotopic (exact) mass is 274 g/mol. The highest BCUT2D eigenvalue weighted by atomic mass is 19.1. The summed E-state index contributed by atoms with van der Waals surface area (Å²) in [6, 6.07) is 10.6. The third-order valence-electron chi connectivity index (χ3n) is 2.96. The van der Waals surface area contributed by atoms with E-state index in [1.165, 1.54) is 11.9 Å². The van der Waals surface area contributed by atoms with Gasteiger partial charge in [-0.3, -0.25) is 0 Å². The maximum absolute atomic E-state index is 14.0. The second kappa shape index (κ2) is 5.68. The molecule has 0 saturated carbocycles. The normalized spacial score (nSPS) is 10.2. The number of nitriles is 1. The summed E-state index contributed by atoms with van der Waals surface area (Å²) in [7, 11) is 1.51. The van der Waals surface area contributed by atoms with Crippen molar-refractivity contribution in [2.75, 3.05) is 11.9 Å². The Balaban J connectivity index is 2.48. The van der Waals surface area contributed by atoms with Crippen molar-refractivity contribution in [2.45, 2.75) is 6.61 Å². The summed E-state index contributed by atoms with van der Waals surface area (Å²) in [4.78, 5) is 1.33. The molecule has 1 N–H and O–H groups in total. The fourth-order valence-electron chi connectivity index (χ4n) is 1.94. The number of aliphatic hydroxyl groups excluding tert-OH is 1. The molecule has 0 spiro atoms. The Labute approximate surface area is 115 Å². The lowest BCUT2D eigenvalue weighted by atomic mass is 10.1. The minimum Gasteiger partial charge on any atom is -0.392 e. The van der Waals surface area contributed by atoms with Crippen LogP contribution in [0.25, 0.3) is 0 Å². The van der Waals surface area contributed by atoms with Crippen molar-refractivity contribution < 1.29 is 13.9 Å². The highest BCUT2D eigenvalue weighted by molar-refractivity contribution is 5.65. The van der Waals surface area contributed by atoms with E-state index in [-0.39, 0.29) is 11.3 Å². The molecule has 0 aliphatic rings. The van der Waals surface area contributed by atoms with Crippen LogP contribution in [-0.4, -0.2) is 12.2 Å². The zero-order valence-electron chi connectivity index (χ0n) is 10.8. The van der Waals surface area contributed by atoms with Gasteiger partial charge in [0.05, 0.1) is 18.2 Å². The first-order chi connectivity index (χ1) is 9.56. The maximum Gasteiger partial charge on any atom is 0.150 e. The van der Waals surface area contributed by atoms with Crippen molar-refractivity contribution in [1.29, 1.82) is 5.26 Å². The van der Waals surface area contributed by atoms with Crippen LogP contribution >= 0.6 is 0 Å². The van der Waals surface area contributed by atoms with Crippen LogP contribution in [0.2, 0.25) is 0 Å². The lowest BCUT2D eigenvalue weighted by molar-refractivity contribution is 0.280. The standard InChI is InChI=1S/C15H12F2N2O/c1-19(12-4-2-3-10(5-12)8-18)15-13(16)6-11(9-20)7-14(15)17/h2-7,20H,9H2,1H3. The highest BCUT2D eigenvalue weighted by Gasteiger charge is 2.16. The van der Waals surface area contributed by atoms with Crippen molar-refractivity contribution >= 4 is 11.4 Å². The molecule has 0 atom stereocenters. The molecule has 20 heavy (non-hydrogen) atoms. The van der Waals surface area contributed by atoms with Gasteiger partial charge in [-0.15, -0.1) is 0 Å². The van der Waals surface area contributed by atoms with Gasteiger partial charge >= 0.3 is 0 Å². The highest BCUT2D eigenvalue weighted by Crippen LogP contribution is 2.30. The summed E-state index contributed by atoms with van der Waals surface area (Å²) in [5.74, 6) is -1.53. The van der Waals surface area contributed by atoms with E-state index < -0.39 is 18.2 Å². The van der Waals surface area contributed by atoms with Gasteiger partial charge in [-0.1, -0.05) is 6.07 Å². The molecule has 0 amide bonds. The summed E-state index contributed by atoms with van der Waals surface area (Å²) in [5, 5.41) is 17.8. The fourth-order valence-corrected chi connectivity index (χ4v) is 1.94. The number of hydrogen-bond donors (Lipinski definition) is 1. The van der Waals surface area contributed by atoms with E-state index >= 15 is 0 Å². The van der Waals surface area contributed by atoms with Gasteiger partial charge in [0, 0.05) is 12.7 Å². The maximum atomic E-state index is 14.0. The smallest absolute Gasteiger partial charge is 0.150 e. The number of anilines is 2. The van der Waals surface area contributed by atoms with Gasteiger partial charge in [0.15, 0.2) is 0 Å². The van der Waals surface area contributed by atoms with Gasteiger partial charge in [-0.25, -0.2) is 8.78 Å². The van der Waals surface area contributed by atoms with Gasteiger partial charge in [-0.05, 0) is 35.9 Å². The lowest BCUT2D eigenvalue weighted by Gasteiger charge is -2.21. The van der Waals surface area contributed by atoms with Crippen LogP contribution < -0.4 is 4.90 Å². The summed E-state index contributed by atoms with van der Waals surface area (Å²) >= 11 is 0. The summed E-state index contributed by atoms with van der Waals surface area (Å²) in [6.45, 7) is -0.429. The molecule has 2 aromatic carbocycles. The van der Waals surface area contributed by atoms with Gasteiger partial charge < -0.3 is 10.0 Å². The number of halogens is 2. The van der Waals surface area contributed by atoms with Crippen LogP contribution in [-0.2, 0) is 6.61 Å². The predicted molar refractivity (Wildman–Crippen MR) is 71.5 cm³/mol. The number of hydrogen-bond acceptors (Lipinski definition) is 3. The molecule has 0 bridgehead atoms. The molecule has 0 aliphatic heterocycles. The van der Waals surface area contributed by atoms with Gasteiger partial charge in [0.1, 0.15) is 17.3 Å². The molecular weight excluding hydrogens is 262 g/mol. The minimum atomic E-state index is -0.765. The third-order valence-corrected chi connectivity index (χ3v) is 2.96. The molecule has 0 saturated heterocycles. The van der Waals surface area contributed by atoms with E-state index in [0.717, 1.165) is 12.1 Å². The van der Waals surface area contributed by atoms with Crippen LogP contribution in [0.3, 0.4) is 0 Å². The lowest BCUT2D eigenvalue weighted by Crippen LogP contribution is -2.14. The van der Waals surface area contributed by atoms with E-state index in [0.29, 0.717) is 11.3 Å². The summed E-state index contributed by atoms with van der Waals surface area (Å²) < 4.78 is 27.9. The molecule has 0 unspecified atom stereocenters. The Bertz CT molecular complexity index is 657. The third kappa shape index (κ3) is 2.60. The number of aliphatic hydroxyl groups is 1. The van der Waals surface area contributed by atoms with Crippen LogP contribution in [0.4, 0.5) is 20.2 Å². The topological polar surface area (TPSA) is 47.3 Å². The fraction of sp³-hybridized carbons (Fsp3) is 0.133. The molecule has 5 heteroatoms. The second-order valence-corrected chi connectivity index (χ2v) is 4.29. The van der Waals surface area contributed by atoms with Crippen LogP contribution in [0, 0.1) is 23.0 Å². The molecule has 2 rings (SSSR count). The predicted octanol–water partition coefficient (Wildman–Crippen LogP) is 3.10. The van der Waals surface area contributed by atoms with E-state index in [1.807, 2.05) is 6.07 Å². The van der Waals surface area contributed by atoms with Gasteiger partial charge in [-0.2, -0.15) is 5.26 Å². The second-order valence-electron chi connectivity index (χ2n) is 4.29. The molecule has 0 fully saturated rings. The van der Waals surface area contributed by atoms with E-state index in [9.17, 15) is 8.78 Å². The Kier molecular flexibility index (Phi) is 3.97. The number of rotatable bonds is 3. The van der Waals surface area contributed by atoms with E-state index in [2.05, 4.69) is 0 Å². The molecule has 102 valence electrons. The SMILES string of the molecule is CN(c1cccc(C#N)c1)c1c(F)cc(CO)cc1F. The number of nitrogens with zero attached hydrogens (tertiary/aromatic N) is 2. The Morgan fingerprint density at radius 3 is 2.40 bits per heavy atom. The van der Waals surface area contributed by atoms with E-state index in [4.69, 9.17) is 10.4 Å². The molecule has 2 aromatic rings. The van der Waals surface area contributed by atoms with Crippen LogP contribution in [0.5, 0.6) is 0 Å². The molecule has 3 nitrogen and oxygen atoms in total. The quantitative estimate of drug-likeness (QED) is 0.935. The van der Waals surface area contributed by atoms with Crippen molar-refractivity contribution in [1.82, 2.24) is 0 Å². The van der Waals surface area contributed by atoms with Crippen molar-refractivity contribution in [3.63, 3.8) is 0 Å². The molecule has 0 aliphatic carbocycles. The molecule has 0 radical (unpaired) electrons. The summed E-state index contributed by atoms with van der Waals surface area (Å²) in [6.07, 6.45) is 0. The van der Waals surface area contributed by atoms with E-state index in [1.54, 1.807) is 24.3 Å². The largest absolute Gasteiger partial charge is 0.392 e. The molecule has 0 heterocycles. The first kappa shape index (κ1) is 14.0. The Morgan fingerprint density at radius 2 is 1.85 bits per heavy atom. The zero-order chi connectivity index (χ0) is 14.7. The minimum absolute atomic E-state index is 0.169. The van der Waals surface area contributed by atoms with Crippen LogP contribution in [0.1, 0.15) is 11.1 Å².